The standard InChI is InChI=1S/C13H16ClN3O/c1-3-17-12(13(14)9(2)16-17)8-18-11-6-4-5-10(15)7-11/h4-7H,3,8,15H2,1-2H3. The molecule has 0 aliphatic carbocycles. The van der Waals surface area contributed by atoms with Gasteiger partial charge in [0, 0.05) is 18.3 Å². The van der Waals surface area contributed by atoms with Gasteiger partial charge in [0.05, 0.1) is 16.4 Å². The predicted octanol–water partition coefficient (Wildman–Crippen LogP) is 3.03. The zero-order valence-electron chi connectivity index (χ0n) is 10.5. The van der Waals surface area contributed by atoms with Crippen molar-refractivity contribution in [1.29, 1.82) is 0 Å². The molecule has 0 spiro atoms. The molecular weight excluding hydrogens is 250 g/mol. The number of nitrogens with two attached hydrogens (primary N) is 1. The second-order valence-electron chi connectivity index (χ2n) is 4.02. The molecule has 1 heterocycles. The van der Waals surface area contributed by atoms with Crippen LogP contribution in [0.5, 0.6) is 5.75 Å². The summed E-state index contributed by atoms with van der Waals surface area (Å²) >= 11 is 6.20. The van der Waals surface area contributed by atoms with E-state index in [0.29, 0.717) is 17.3 Å². The van der Waals surface area contributed by atoms with E-state index in [9.17, 15) is 0 Å². The first kappa shape index (κ1) is 12.8. The predicted molar refractivity (Wildman–Crippen MR) is 72.8 cm³/mol. The number of hydrogen-bond donors (Lipinski definition) is 1. The second-order valence-corrected chi connectivity index (χ2v) is 4.40. The van der Waals surface area contributed by atoms with Gasteiger partial charge in [0.25, 0.3) is 0 Å². The van der Waals surface area contributed by atoms with Crippen LogP contribution >= 0.6 is 11.6 Å². The van der Waals surface area contributed by atoms with E-state index in [1.54, 1.807) is 6.07 Å². The number of rotatable bonds is 4. The van der Waals surface area contributed by atoms with Gasteiger partial charge < -0.3 is 10.5 Å². The van der Waals surface area contributed by atoms with Gasteiger partial charge in [-0.15, -0.1) is 0 Å². The second kappa shape index (κ2) is 5.31. The summed E-state index contributed by atoms with van der Waals surface area (Å²) in [6.45, 7) is 5.06. The van der Waals surface area contributed by atoms with Crippen LogP contribution in [0.3, 0.4) is 0 Å². The average molecular weight is 266 g/mol. The minimum atomic E-state index is 0.386. The summed E-state index contributed by atoms with van der Waals surface area (Å²) in [5.41, 5.74) is 8.09. The van der Waals surface area contributed by atoms with E-state index in [2.05, 4.69) is 5.10 Å². The van der Waals surface area contributed by atoms with Gasteiger partial charge in [-0.05, 0) is 26.0 Å². The lowest BCUT2D eigenvalue weighted by molar-refractivity contribution is 0.293. The molecule has 0 aliphatic rings. The molecule has 0 fully saturated rings. The Balaban J connectivity index is 2.15. The number of nitrogen functional groups attached to an aromatic ring is 1. The lowest BCUT2D eigenvalue weighted by Gasteiger charge is -2.08. The summed E-state index contributed by atoms with van der Waals surface area (Å²) in [5, 5.41) is 5.01. The third-order valence-corrected chi connectivity index (χ3v) is 3.18. The van der Waals surface area contributed by atoms with E-state index in [4.69, 9.17) is 22.1 Å². The highest BCUT2D eigenvalue weighted by molar-refractivity contribution is 6.31. The SMILES string of the molecule is CCn1nc(C)c(Cl)c1COc1cccc(N)c1. The summed E-state index contributed by atoms with van der Waals surface area (Å²) < 4.78 is 7.54. The lowest BCUT2D eigenvalue weighted by Crippen LogP contribution is -2.06. The molecule has 1 aromatic carbocycles. The molecule has 0 amide bonds. The monoisotopic (exact) mass is 265 g/mol. The highest BCUT2D eigenvalue weighted by Crippen LogP contribution is 2.23. The first-order valence-corrected chi connectivity index (χ1v) is 6.19. The zero-order valence-corrected chi connectivity index (χ0v) is 11.2. The van der Waals surface area contributed by atoms with Crippen LogP contribution in [0.25, 0.3) is 0 Å². The zero-order chi connectivity index (χ0) is 13.1. The lowest BCUT2D eigenvalue weighted by atomic mass is 10.3. The van der Waals surface area contributed by atoms with E-state index in [-0.39, 0.29) is 0 Å². The molecule has 2 N–H and O–H groups in total. The molecule has 5 heteroatoms. The number of nitrogens with zero attached hydrogens (tertiary/aromatic N) is 2. The smallest absolute Gasteiger partial charge is 0.131 e. The van der Waals surface area contributed by atoms with E-state index in [1.807, 2.05) is 36.7 Å². The summed E-state index contributed by atoms with van der Waals surface area (Å²) in [4.78, 5) is 0. The Morgan fingerprint density at radius 1 is 1.44 bits per heavy atom. The Morgan fingerprint density at radius 2 is 2.22 bits per heavy atom. The minimum absolute atomic E-state index is 0.386. The molecule has 0 unspecified atom stereocenters. The maximum absolute atomic E-state index is 6.20. The largest absolute Gasteiger partial charge is 0.487 e. The molecule has 2 rings (SSSR count). The first-order chi connectivity index (χ1) is 8.61. The van der Waals surface area contributed by atoms with Crippen LogP contribution in [0.4, 0.5) is 5.69 Å². The molecule has 0 aliphatic heterocycles. The summed E-state index contributed by atoms with van der Waals surface area (Å²) in [7, 11) is 0. The van der Waals surface area contributed by atoms with Crippen LogP contribution < -0.4 is 10.5 Å². The Bertz CT molecular complexity index is 551. The van der Waals surface area contributed by atoms with Crippen molar-refractivity contribution in [3.05, 3.63) is 40.7 Å². The Morgan fingerprint density at radius 3 is 2.89 bits per heavy atom. The molecule has 0 atom stereocenters. The highest BCUT2D eigenvalue weighted by Gasteiger charge is 2.12. The Hall–Kier alpha value is -1.68. The molecular formula is C13H16ClN3O. The van der Waals surface area contributed by atoms with Crippen LogP contribution in [0.2, 0.25) is 5.02 Å². The van der Waals surface area contributed by atoms with E-state index in [0.717, 1.165) is 23.7 Å². The van der Waals surface area contributed by atoms with Gasteiger partial charge >= 0.3 is 0 Å². The molecule has 0 saturated heterocycles. The maximum Gasteiger partial charge on any atom is 0.131 e. The number of aryl methyl sites for hydroxylation is 2. The topological polar surface area (TPSA) is 53.1 Å². The number of anilines is 1. The van der Waals surface area contributed by atoms with E-state index in [1.165, 1.54) is 0 Å². The number of ether oxygens (including phenoxy) is 1. The van der Waals surface area contributed by atoms with Crippen LogP contribution in [-0.4, -0.2) is 9.78 Å². The van der Waals surface area contributed by atoms with Crippen LogP contribution in [-0.2, 0) is 13.2 Å². The van der Waals surface area contributed by atoms with Crippen molar-refractivity contribution in [3.8, 4) is 5.75 Å². The van der Waals surface area contributed by atoms with Gasteiger partial charge in [0.2, 0.25) is 0 Å². The Kier molecular flexibility index (Phi) is 3.77. The van der Waals surface area contributed by atoms with Crippen molar-refractivity contribution >= 4 is 17.3 Å². The van der Waals surface area contributed by atoms with Crippen molar-refractivity contribution in [2.45, 2.75) is 27.0 Å². The molecule has 0 saturated carbocycles. The van der Waals surface area contributed by atoms with Gasteiger partial charge in [-0.2, -0.15) is 5.10 Å². The van der Waals surface area contributed by atoms with Crippen LogP contribution in [0.15, 0.2) is 24.3 Å². The molecule has 2 aromatic rings. The average Bonchev–Trinajstić information content (AvgIpc) is 2.63. The van der Waals surface area contributed by atoms with Gasteiger partial charge in [-0.1, -0.05) is 17.7 Å². The van der Waals surface area contributed by atoms with Gasteiger partial charge in [0.1, 0.15) is 12.4 Å². The molecule has 4 nitrogen and oxygen atoms in total. The fourth-order valence-electron chi connectivity index (χ4n) is 1.76. The number of halogens is 1. The van der Waals surface area contributed by atoms with Crippen LogP contribution in [0, 0.1) is 6.92 Å². The molecule has 0 bridgehead atoms. The van der Waals surface area contributed by atoms with Gasteiger partial charge in [-0.3, -0.25) is 4.68 Å². The van der Waals surface area contributed by atoms with Gasteiger partial charge in [0.15, 0.2) is 0 Å². The summed E-state index contributed by atoms with van der Waals surface area (Å²) in [6, 6.07) is 7.33. The number of hydrogen-bond acceptors (Lipinski definition) is 3. The first-order valence-electron chi connectivity index (χ1n) is 5.82. The van der Waals surface area contributed by atoms with Crippen molar-refractivity contribution in [1.82, 2.24) is 9.78 Å². The molecule has 1 aromatic heterocycles. The quantitative estimate of drug-likeness (QED) is 0.865. The van der Waals surface area contributed by atoms with Crippen LogP contribution in [0.1, 0.15) is 18.3 Å². The summed E-state index contributed by atoms with van der Waals surface area (Å²) in [6.07, 6.45) is 0. The number of benzene rings is 1. The fourth-order valence-corrected chi connectivity index (χ4v) is 1.95. The van der Waals surface area contributed by atoms with E-state index >= 15 is 0 Å². The van der Waals surface area contributed by atoms with Crippen molar-refractivity contribution in [3.63, 3.8) is 0 Å². The molecule has 18 heavy (non-hydrogen) atoms. The maximum atomic E-state index is 6.20. The Labute approximate surface area is 111 Å². The molecule has 0 radical (unpaired) electrons. The minimum Gasteiger partial charge on any atom is -0.487 e. The van der Waals surface area contributed by atoms with Crippen molar-refractivity contribution in [2.75, 3.05) is 5.73 Å². The number of aromatic nitrogens is 2. The third kappa shape index (κ3) is 2.59. The third-order valence-electron chi connectivity index (χ3n) is 2.69. The van der Waals surface area contributed by atoms with Crippen molar-refractivity contribution in [2.24, 2.45) is 0 Å². The van der Waals surface area contributed by atoms with Gasteiger partial charge in [-0.25, -0.2) is 0 Å². The fraction of sp³-hybridized carbons (Fsp3) is 0.308. The summed E-state index contributed by atoms with van der Waals surface area (Å²) in [5.74, 6) is 0.729. The normalized spacial score (nSPS) is 10.6. The van der Waals surface area contributed by atoms with Crippen molar-refractivity contribution < 1.29 is 4.74 Å². The highest BCUT2D eigenvalue weighted by atomic mass is 35.5. The van der Waals surface area contributed by atoms with E-state index < -0.39 is 0 Å². The molecule has 96 valence electrons.